The van der Waals surface area contributed by atoms with E-state index in [4.69, 9.17) is 5.73 Å². The molecule has 1 amide bonds. The molecule has 2 aromatic rings. The van der Waals surface area contributed by atoms with E-state index in [1.807, 2.05) is 17.5 Å². The molecule has 0 radical (unpaired) electrons. The van der Waals surface area contributed by atoms with Gasteiger partial charge in [0.1, 0.15) is 6.04 Å². The number of carbonyl (C=O) groups is 1. The van der Waals surface area contributed by atoms with Crippen molar-refractivity contribution in [2.75, 3.05) is 0 Å². The second-order valence-corrected chi connectivity index (χ2v) is 4.47. The summed E-state index contributed by atoms with van der Waals surface area (Å²) in [5.41, 5.74) is 5.82. The molecule has 0 saturated carbocycles. The van der Waals surface area contributed by atoms with Gasteiger partial charge in [0.05, 0.1) is 6.04 Å². The van der Waals surface area contributed by atoms with Crippen LogP contribution in [0.5, 0.6) is 0 Å². The zero-order chi connectivity index (χ0) is 12.3. The first kappa shape index (κ1) is 11.7. The molecule has 0 bridgehead atoms. The number of thiophene rings is 1. The summed E-state index contributed by atoms with van der Waals surface area (Å²) in [6.07, 6.45) is 0. The maximum absolute atomic E-state index is 11.8. The summed E-state index contributed by atoms with van der Waals surface area (Å²) >= 11 is 1.45. The van der Waals surface area contributed by atoms with E-state index in [1.165, 1.54) is 11.3 Å². The monoisotopic (exact) mass is 252 g/mol. The Bertz CT molecular complexity index is 468. The highest BCUT2D eigenvalue weighted by Gasteiger charge is 2.20. The molecule has 90 valence electrons. The maximum Gasteiger partial charge on any atom is 0.242 e. The lowest BCUT2D eigenvalue weighted by molar-refractivity contribution is -0.123. The van der Waals surface area contributed by atoms with Crippen LogP contribution in [0, 0.1) is 0 Å². The van der Waals surface area contributed by atoms with E-state index in [0.717, 1.165) is 4.88 Å². The summed E-state index contributed by atoms with van der Waals surface area (Å²) in [6.45, 7) is 1.77. The number of aromatic nitrogens is 4. The third-order valence-electron chi connectivity index (χ3n) is 2.24. The van der Waals surface area contributed by atoms with E-state index in [9.17, 15) is 4.79 Å². The van der Waals surface area contributed by atoms with Gasteiger partial charge in [-0.3, -0.25) is 4.79 Å². The molecule has 2 aromatic heterocycles. The van der Waals surface area contributed by atoms with Crippen molar-refractivity contribution in [1.82, 2.24) is 25.9 Å². The molecule has 4 N–H and O–H groups in total. The third kappa shape index (κ3) is 2.66. The average Bonchev–Trinajstić information content (AvgIpc) is 3.00. The van der Waals surface area contributed by atoms with E-state index in [1.54, 1.807) is 6.92 Å². The molecular formula is C9H12N6OS. The Morgan fingerprint density at radius 2 is 2.47 bits per heavy atom. The number of aromatic amines is 1. The third-order valence-corrected chi connectivity index (χ3v) is 3.20. The van der Waals surface area contributed by atoms with Gasteiger partial charge in [-0.2, -0.15) is 5.21 Å². The fraction of sp³-hybridized carbons (Fsp3) is 0.333. The number of carbonyl (C=O) groups excluding carboxylic acids is 1. The summed E-state index contributed by atoms with van der Waals surface area (Å²) in [7, 11) is 0. The molecule has 2 heterocycles. The Morgan fingerprint density at radius 3 is 3.06 bits per heavy atom. The lowest BCUT2D eigenvalue weighted by atomic mass is 10.2. The SMILES string of the molecule is CC(NC(=O)C(N)c1cccs1)c1nn[nH]n1. The summed E-state index contributed by atoms with van der Waals surface area (Å²) in [6, 6.07) is 2.69. The van der Waals surface area contributed by atoms with Gasteiger partial charge in [-0.15, -0.1) is 21.5 Å². The lowest BCUT2D eigenvalue weighted by Gasteiger charge is -2.13. The van der Waals surface area contributed by atoms with Crippen LogP contribution in [0.1, 0.15) is 29.7 Å². The number of hydrogen-bond acceptors (Lipinski definition) is 6. The van der Waals surface area contributed by atoms with Crippen LogP contribution in [0.4, 0.5) is 0 Å². The number of hydrogen-bond donors (Lipinski definition) is 3. The molecular weight excluding hydrogens is 240 g/mol. The number of amides is 1. The molecule has 0 saturated heterocycles. The second kappa shape index (κ2) is 5.02. The number of rotatable bonds is 4. The minimum atomic E-state index is -0.663. The summed E-state index contributed by atoms with van der Waals surface area (Å²) in [5, 5.41) is 17.9. The maximum atomic E-state index is 11.8. The zero-order valence-electron chi connectivity index (χ0n) is 9.12. The van der Waals surface area contributed by atoms with Crippen molar-refractivity contribution >= 4 is 17.2 Å². The topological polar surface area (TPSA) is 110 Å². The Hall–Kier alpha value is -1.80. The molecule has 0 aliphatic carbocycles. The summed E-state index contributed by atoms with van der Waals surface area (Å²) in [5.74, 6) is 0.168. The van der Waals surface area contributed by atoms with Crippen LogP contribution in [-0.2, 0) is 4.79 Å². The van der Waals surface area contributed by atoms with Crippen molar-refractivity contribution in [3.05, 3.63) is 28.2 Å². The van der Waals surface area contributed by atoms with E-state index in [0.29, 0.717) is 5.82 Å². The second-order valence-electron chi connectivity index (χ2n) is 3.49. The lowest BCUT2D eigenvalue weighted by Crippen LogP contribution is -2.35. The predicted octanol–water partition coefficient (Wildman–Crippen LogP) is 0.138. The van der Waals surface area contributed by atoms with Gasteiger partial charge in [0.25, 0.3) is 0 Å². The number of H-pyrrole nitrogens is 1. The van der Waals surface area contributed by atoms with E-state index < -0.39 is 6.04 Å². The fourth-order valence-electron chi connectivity index (χ4n) is 1.32. The highest BCUT2D eigenvalue weighted by atomic mass is 32.1. The van der Waals surface area contributed by atoms with Crippen LogP contribution >= 0.6 is 11.3 Å². The average molecular weight is 252 g/mol. The van der Waals surface area contributed by atoms with Crippen LogP contribution in [0.15, 0.2) is 17.5 Å². The van der Waals surface area contributed by atoms with Crippen LogP contribution < -0.4 is 11.1 Å². The van der Waals surface area contributed by atoms with E-state index >= 15 is 0 Å². The van der Waals surface area contributed by atoms with Crippen molar-refractivity contribution in [1.29, 1.82) is 0 Å². The predicted molar refractivity (Wildman–Crippen MR) is 62.0 cm³/mol. The Morgan fingerprint density at radius 1 is 1.65 bits per heavy atom. The van der Waals surface area contributed by atoms with Gasteiger partial charge in [-0.25, -0.2) is 0 Å². The molecule has 2 atom stereocenters. The van der Waals surface area contributed by atoms with Crippen molar-refractivity contribution in [3.8, 4) is 0 Å². The molecule has 0 aliphatic heterocycles. The first-order chi connectivity index (χ1) is 8.18. The van der Waals surface area contributed by atoms with Gasteiger partial charge in [0, 0.05) is 4.88 Å². The molecule has 0 fully saturated rings. The number of tetrazole rings is 1. The molecule has 0 spiro atoms. The molecule has 0 aromatic carbocycles. The number of nitrogens with zero attached hydrogens (tertiary/aromatic N) is 3. The largest absolute Gasteiger partial charge is 0.345 e. The van der Waals surface area contributed by atoms with Crippen molar-refractivity contribution < 1.29 is 4.79 Å². The van der Waals surface area contributed by atoms with Crippen molar-refractivity contribution in [2.24, 2.45) is 5.73 Å². The molecule has 7 nitrogen and oxygen atoms in total. The smallest absolute Gasteiger partial charge is 0.242 e. The zero-order valence-corrected chi connectivity index (χ0v) is 9.94. The fourth-order valence-corrected chi connectivity index (χ4v) is 2.04. The van der Waals surface area contributed by atoms with Crippen LogP contribution in [0.25, 0.3) is 0 Å². The molecule has 2 rings (SSSR count). The quantitative estimate of drug-likeness (QED) is 0.717. The van der Waals surface area contributed by atoms with Gasteiger partial charge in [-0.1, -0.05) is 11.3 Å². The van der Waals surface area contributed by atoms with Gasteiger partial charge in [0.2, 0.25) is 5.91 Å². The normalized spacial score (nSPS) is 14.2. The van der Waals surface area contributed by atoms with Crippen molar-refractivity contribution in [3.63, 3.8) is 0 Å². The Labute approximate surface area is 101 Å². The first-order valence-electron chi connectivity index (χ1n) is 5.01. The van der Waals surface area contributed by atoms with Crippen LogP contribution in [-0.4, -0.2) is 26.5 Å². The molecule has 0 aliphatic rings. The summed E-state index contributed by atoms with van der Waals surface area (Å²) in [4.78, 5) is 12.7. The summed E-state index contributed by atoms with van der Waals surface area (Å²) < 4.78 is 0. The first-order valence-corrected chi connectivity index (χ1v) is 5.89. The van der Waals surface area contributed by atoms with Crippen LogP contribution in [0.2, 0.25) is 0 Å². The number of nitrogens with two attached hydrogens (primary N) is 1. The minimum absolute atomic E-state index is 0.259. The van der Waals surface area contributed by atoms with Gasteiger partial charge in [-0.05, 0) is 18.4 Å². The van der Waals surface area contributed by atoms with Gasteiger partial charge in [0.15, 0.2) is 5.82 Å². The van der Waals surface area contributed by atoms with Crippen LogP contribution in [0.3, 0.4) is 0 Å². The van der Waals surface area contributed by atoms with E-state index in [-0.39, 0.29) is 11.9 Å². The molecule has 2 unspecified atom stereocenters. The number of nitrogens with one attached hydrogen (secondary N) is 2. The Balaban J connectivity index is 1.98. The van der Waals surface area contributed by atoms with Gasteiger partial charge >= 0.3 is 0 Å². The minimum Gasteiger partial charge on any atom is -0.345 e. The Kier molecular flexibility index (Phi) is 3.45. The van der Waals surface area contributed by atoms with Gasteiger partial charge < -0.3 is 11.1 Å². The highest BCUT2D eigenvalue weighted by molar-refractivity contribution is 7.10. The van der Waals surface area contributed by atoms with E-state index in [2.05, 4.69) is 25.9 Å². The highest BCUT2D eigenvalue weighted by Crippen LogP contribution is 2.17. The molecule has 8 heteroatoms. The standard InChI is InChI=1S/C9H12N6OS/c1-5(8-12-14-15-13-8)11-9(16)7(10)6-3-2-4-17-6/h2-5,7H,10H2,1H3,(H,11,16)(H,12,13,14,15). The molecule has 17 heavy (non-hydrogen) atoms. The van der Waals surface area contributed by atoms with Crippen molar-refractivity contribution in [2.45, 2.75) is 19.0 Å².